The number of carbonyl (C=O) groups is 2. The lowest BCUT2D eigenvalue weighted by Gasteiger charge is -2.24. The molecule has 0 aliphatic carbocycles. The zero-order valence-corrected chi connectivity index (χ0v) is 47.8. The summed E-state index contributed by atoms with van der Waals surface area (Å²) in [6, 6.07) is 0. The first kappa shape index (κ1) is 68.9. The maximum atomic E-state index is 12.8. The number of ether oxygens (including phenoxy) is 2. The summed E-state index contributed by atoms with van der Waals surface area (Å²) in [5, 5.41) is 0. The van der Waals surface area contributed by atoms with Crippen molar-refractivity contribution >= 4 is 19.8 Å². The van der Waals surface area contributed by atoms with Gasteiger partial charge in [-0.2, -0.15) is 0 Å². The molecular weight excluding hydrogens is 918 g/mol. The number of esters is 2. The zero-order valence-electron chi connectivity index (χ0n) is 46.9. The molecule has 0 aromatic heterocycles. The van der Waals surface area contributed by atoms with Gasteiger partial charge >= 0.3 is 19.8 Å². The summed E-state index contributed by atoms with van der Waals surface area (Å²) >= 11 is 0. The van der Waals surface area contributed by atoms with Gasteiger partial charge in [0.25, 0.3) is 0 Å². The van der Waals surface area contributed by atoms with Crippen molar-refractivity contribution in [1.29, 1.82) is 0 Å². The molecule has 0 aromatic rings. The summed E-state index contributed by atoms with van der Waals surface area (Å²) in [4.78, 5) is 35.7. The second kappa shape index (κ2) is 52.8. The van der Waals surface area contributed by atoms with Crippen molar-refractivity contribution in [3.8, 4) is 0 Å². The maximum Gasteiger partial charge on any atom is 0.472 e. The Balaban J connectivity index is 4.26. The molecule has 0 saturated carbocycles. The van der Waals surface area contributed by atoms with Crippen LogP contribution in [0.4, 0.5) is 0 Å². The van der Waals surface area contributed by atoms with Crippen LogP contribution in [0.25, 0.3) is 0 Å². The van der Waals surface area contributed by atoms with Gasteiger partial charge in [-0.15, -0.1) is 0 Å². The number of rotatable bonds is 52. The molecule has 0 rings (SSSR count). The van der Waals surface area contributed by atoms with E-state index in [2.05, 4.69) is 111 Å². The van der Waals surface area contributed by atoms with E-state index in [0.717, 1.165) is 96.3 Å². The van der Waals surface area contributed by atoms with E-state index >= 15 is 0 Å². The Labute approximate surface area is 443 Å². The largest absolute Gasteiger partial charge is 0.472 e. The van der Waals surface area contributed by atoms with E-state index in [1.54, 1.807) is 0 Å². The number of carbonyl (C=O) groups excluding carboxylic acids is 2. The van der Waals surface area contributed by atoms with Crippen LogP contribution < -0.4 is 0 Å². The highest BCUT2D eigenvalue weighted by Crippen LogP contribution is 2.43. The third-order valence-electron chi connectivity index (χ3n) is 12.1. The van der Waals surface area contributed by atoms with E-state index in [4.69, 9.17) is 18.5 Å². The number of hydrogen-bond acceptors (Lipinski definition) is 7. The molecule has 1 N–H and O–H groups in total. The Kier molecular flexibility index (Phi) is 50.5. The number of hydrogen-bond donors (Lipinski definition) is 1. The summed E-state index contributed by atoms with van der Waals surface area (Å²) in [6.45, 7) is 4.30. The minimum absolute atomic E-state index is 0.0225. The van der Waals surface area contributed by atoms with Gasteiger partial charge in [0.15, 0.2) is 6.10 Å². The van der Waals surface area contributed by atoms with Crippen LogP contribution in [-0.2, 0) is 32.7 Å². The van der Waals surface area contributed by atoms with Gasteiger partial charge in [0.1, 0.15) is 19.8 Å². The van der Waals surface area contributed by atoms with Crippen molar-refractivity contribution < 1.29 is 42.1 Å². The number of phosphoric ester groups is 1. The average Bonchev–Trinajstić information content (AvgIpc) is 3.34. The Morgan fingerprint density at radius 1 is 0.444 bits per heavy atom. The fraction of sp³-hybridized carbons (Fsp3) is 0.710. The van der Waals surface area contributed by atoms with Gasteiger partial charge in [0, 0.05) is 12.8 Å². The molecule has 2 unspecified atom stereocenters. The molecule has 0 saturated heterocycles. The standard InChI is InChI=1S/C62H108NO8P/c1-6-8-10-12-14-16-18-20-22-24-26-27-28-29-30-31-32-33-34-35-37-39-41-43-45-47-49-51-53-55-62(65)71-60(59-70-72(66,67)69-57-56-63(3,4)5)58-68-61(64)54-52-50-48-46-44-42-40-38-36-25-23-21-19-17-15-13-11-9-7-2/h8,10,14,16,20,22,26-27,29-30,32-33,35,37,41,43,60H,6-7,9,11-13,15,17-19,21,23-25,28,31,34,36,38-40,42,44-59H2,1-5H3/p+1/b10-8-,16-14-,22-20-,27-26-,30-29-,33-32-,37-35-,43-41-. The van der Waals surface area contributed by atoms with Gasteiger partial charge in [-0.1, -0.05) is 239 Å². The normalized spacial score (nSPS) is 14.0. The third-order valence-corrected chi connectivity index (χ3v) is 13.1. The maximum absolute atomic E-state index is 12.8. The summed E-state index contributed by atoms with van der Waals surface area (Å²) in [6.07, 6.45) is 71.8. The van der Waals surface area contributed by atoms with E-state index in [0.29, 0.717) is 17.4 Å². The Morgan fingerprint density at radius 2 is 0.792 bits per heavy atom. The van der Waals surface area contributed by atoms with Crippen molar-refractivity contribution in [2.45, 2.75) is 238 Å². The minimum Gasteiger partial charge on any atom is -0.462 e. The van der Waals surface area contributed by atoms with Crippen LogP contribution in [0, 0.1) is 0 Å². The first-order valence-electron chi connectivity index (χ1n) is 29.0. The molecule has 10 heteroatoms. The number of allylic oxidation sites excluding steroid dienone is 16. The molecule has 0 radical (unpaired) electrons. The highest BCUT2D eigenvalue weighted by Gasteiger charge is 2.27. The predicted molar refractivity (Wildman–Crippen MR) is 307 cm³/mol. The third kappa shape index (κ3) is 56.2. The number of quaternary nitrogens is 1. The smallest absolute Gasteiger partial charge is 0.462 e. The molecule has 0 aliphatic heterocycles. The summed E-state index contributed by atoms with van der Waals surface area (Å²) in [7, 11) is 1.45. The van der Waals surface area contributed by atoms with Crippen LogP contribution in [0.15, 0.2) is 97.2 Å². The highest BCUT2D eigenvalue weighted by molar-refractivity contribution is 7.47. The fourth-order valence-corrected chi connectivity index (χ4v) is 8.42. The molecule has 0 fully saturated rings. The number of phosphoric acid groups is 1. The Hall–Kier alpha value is -3.07. The van der Waals surface area contributed by atoms with Crippen LogP contribution >= 0.6 is 7.82 Å². The monoisotopic (exact) mass is 1030 g/mol. The average molecular weight is 1030 g/mol. The second-order valence-electron chi connectivity index (χ2n) is 20.3. The van der Waals surface area contributed by atoms with Crippen LogP contribution in [0.1, 0.15) is 232 Å². The first-order valence-corrected chi connectivity index (χ1v) is 30.5. The van der Waals surface area contributed by atoms with Gasteiger partial charge in [-0.3, -0.25) is 18.6 Å². The fourth-order valence-electron chi connectivity index (χ4n) is 7.68. The Morgan fingerprint density at radius 3 is 1.18 bits per heavy atom. The quantitative estimate of drug-likeness (QED) is 0.0211. The van der Waals surface area contributed by atoms with Crippen LogP contribution in [0.5, 0.6) is 0 Å². The van der Waals surface area contributed by atoms with Gasteiger partial charge < -0.3 is 18.9 Å². The molecule has 0 aromatic carbocycles. The molecule has 0 amide bonds. The van der Waals surface area contributed by atoms with Crippen LogP contribution in [0.2, 0.25) is 0 Å². The molecule has 72 heavy (non-hydrogen) atoms. The molecule has 9 nitrogen and oxygen atoms in total. The van der Waals surface area contributed by atoms with Gasteiger partial charge in [-0.05, 0) is 77.0 Å². The molecule has 414 valence electrons. The molecule has 0 bridgehead atoms. The summed E-state index contributed by atoms with van der Waals surface area (Å²) in [5.41, 5.74) is 0. The van der Waals surface area contributed by atoms with Crippen molar-refractivity contribution in [3.05, 3.63) is 97.2 Å². The minimum atomic E-state index is -4.40. The van der Waals surface area contributed by atoms with Crippen molar-refractivity contribution in [2.24, 2.45) is 0 Å². The van der Waals surface area contributed by atoms with Crippen LogP contribution in [0.3, 0.4) is 0 Å². The SMILES string of the molecule is CC/C=C\C/C=C\C/C=C\C/C=C\C/C=C\C/C=C\C/C=C\C/C=C\CCCCCCC(=O)OC(COC(=O)CCCCCCCCCCCCCCCCCCCCC)COP(=O)(O)OCC[N+](C)(C)C. The van der Waals surface area contributed by atoms with Crippen molar-refractivity contribution in [1.82, 2.24) is 0 Å². The number of likely N-dealkylation sites (N-methyl/N-ethyl adjacent to an activating group) is 1. The molecule has 0 heterocycles. The van der Waals surface area contributed by atoms with E-state index in [9.17, 15) is 19.0 Å². The molecule has 0 spiro atoms. The number of nitrogens with zero attached hydrogens (tertiary/aromatic N) is 1. The van der Waals surface area contributed by atoms with E-state index in [1.807, 2.05) is 21.1 Å². The molecule has 2 atom stereocenters. The molecular formula is C62H109NO8P+. The van der Waals surface area contributed by atoms with E-state index < -0.39 is 26.5 Å². The summed E-state index contributed by atoms with van der Waals surface area (Å²) in [5.74, 6) is -0.826. The zero-order chi connectivity index (χ0) is 52.7. The van der Waals surface area contributed by atoms with Crippen LogP contribution in [-0.4, -0.2) is 74.9 Å². The highest BCUT2D eigenvalue weighted by atomic mass is 31.2. The lowest BCUT2D eigenvalue weighted by molar-refractivity contribution is -0.870. The van der Waals surface area contributed by atoms with Crippen molar-refractivity contribution in [2.75, 3.05) is 47.5 Å². The van der Waals surface area contributed by atoms with Gasteiger partial charge in [-0.25, -0.2) is 4.57 Å². The molecule has 0 aliphatic rings. The second-order valence-corrected chi connectivity index (χ2v) is 21.8. The van der Waals surface area contributed by atoms with E-state index in [-0.39, 0.29) is 32.0 Å². The van der Waals surface area contributed by atoms with Crippen molar-refractivity contribution in [3.63, 3.8) is 0 Å². The number of unbranched alkanes of at least 4 members (excludes halogenated alkanes) is 22. The van der Waals surface area contributed by atoms with Gasteiger partial charge in [0.2, 0.25) is 0 Å². The lowest BCUT2D eigenvalue weighted by atomic mass is 10.0. The van der Waals surface area contributed by atoms with Gasteiger partial charge in [0.05, 0.1) is 27.7 Å². The Bertz CT molecular complexity index is 1540. The lowest BCUT2D eigenvalue weighted by Crippen LogP contribution is -2.37. The van der Waals surface area contributed by atoms with E-state index in [1.165, 1.54) is 103 Å². The topological polar surface area (TPSA) is 108 Å². The first-order chi connectivity index (χ1) is 35.0. The predicted octanol–water partition coefficient (Wildman–Crippen LogP) is 18.0. The summed E-state index contributed by atoms with van der Waals surface area (Å²) < 4.78 is 34.5.